The Labute approximate surface area is 125 Å². The maximum Gasteiger partial charge on any atom is 0.255 e. The van der Waals surface area contributed by atoms with Crippen molar-refractivity contribution in [3.63, 3.8) is 0 Å². The quantitative estimate of drug-likeness (QED) is 0.859. The van der Waals surface area contributed by atoms with Crippen molar-refractivity contribution in [1.29, 1.82) is 0 Å². The number of carbonyl (C=O) groups excluding carboxylic acids is 1. The van der Waals surface area contributed by atoms with Gasteiger partial charge in [-0.05, 0) is 49.1 Å². The Morgan fingerprint density at radius 2 is 1.86 bits per heavy atom. The molecular formula is C18H21NO2. The van der Waals surface area contributed by atoms with Crippen molar-refractivity contribution in [2.45, 2.75) is 33.1 Å². The van der Waals surface area contributed by atoms with Crippen LogP contribution < -0.4 is 5.32 Å². The van der Waals surface area contributed by atoms with E-state index in [0.29, 0.717) is 11.3 Å². The third-order valence-corrected chi connectivity index (χ3v) is 3.50. The predicted octanol–water partition coefficient (Wildman–Crippen LogP) is 4.30. The fraction of sp³-hybridized carbons (Fsp3) is 0.278. The lowest BCUT2D eigenvalue weighted by molar-refractivity contribution is 0.102. The van der Waals surface area contributed by atoms with Crippen LogP contribution in [0.1, 0.15) is 41.3 Å². The first-order valence-corrected chi connectivity index (χ1v) is 7.30. The molecule has 0 spiro atoms. The van der Waals surface area contributed by atoms with Crippen LogP contribution in [-0.4, -0.2) is 11.0 Å². The van der Waals surface area contributed by atoms with E-state index in [1.54, 1.807) is 18.2 Å². The average molecular weight is 283 g/mol. The summed E-state index contributed by atoms with van der Waals surface area (Å²) in [6.45, 7) is 4.06. The highest BCUT2D eigenvalue weighted by Gasteiger charge is 2.08. The highest BCUT2D eigenvalue weighted by atomic mass is 16.3. The van der Waals surface area contributed by atoms with Crippen LogP contribution in [0.4, 0.5) is 5.69 Å². The van der Waals surface area contributed by atoms with Gasteiger partial charge in [0.2, 0.25) is 0 Å². The van der Waals surface area contributed by atoms with E-state index < -0.39 is 0 Å². The van der Waals surface area contributed by atoms with Crippen molar-refractivity contribution in [3.8, 4) is 5.75 Å². The molecule has 0 aromatic heterocycles. The van der Waals surface area contributed by atoms with Crippen LogP contribution in [0.25, 0.3) is 0 Å². The average Bonchev–Trinajstić information content (AvgIpc) is 2.49. The monoisotopic (exact) mass is 283 g/mol. The molecule has 0 atom stereocenters. The fourth-order valence-electron chi connectivity index (χ4n) is 2.14. The van der Waals surface area contributed by atoms with Gasteiger partial charge in [-0.3, -0.25) is 4.79 Å². The van der Waals surface area contributed by atoms with E-state index in [1.807, 2.05) is 31.2 Å². The minimum Gasteiger partial charge on any atom is -0.508 e. The van der Waals surface area contributed by atoms with Gasteiger partial charge in [-0.25, -0.2) is 0 Å². The summed E-state index contributed by atoms with van der Waals surface area (Å²) in [4.78, 5) is 12.2. The minimum absolute atomic E-state index is 0.144. The summed E-state index contributed by atoms with van der Waals surface area (Å²) >= 11 is 0. The topological polar surface area (TPSA) is 49.3 Å². The van der Waals surface area contributed by atoms with Gasteiger partial charge in [0.05, 0.1) is 0 Å². The van der Waals surface area contributed by atoms with Gasteiger partial charge in [0.25, 0.3) is 5.91 Å². The number of amides is 1. The molecule has 21 heavy (non-hydrogen) atoms. The van der Waals surface area contributed by atoms with Crippen LogP contribution in [0.15, 0.2) is 42.5 Å². The van der Waals surface area contributed by atoms with E-state index in [2.05, 4.69) is 12.2 Å². The fourth-order valence-corrected chi connectivity index (χ4v) is 2.14. The number of anilines is 1. The molecule has 0 unspecified atom stereocenters. The Hall–Kier alpha value is -2.29. The molecule has 3 nitrogen and oxygen atoms in total. The number of unbranched alkanes of at least 4 members (excludes halogenated alkanes) is 1. The minimum atomic E-state index is -0.161. The summed E-state index contributed by atoms with van der Waals surface area (Å²) in [5.74, 6) is -0.0171. The van der Waals surface area contributed by atoms with Crippen molar-refractivity contribution < 1.29 is 9.90 Å². The van der Waals surface area contributed by atoms with Crippen LogP contribution in [0.3, 0.4) is 0 Å². The Morgan fingerprint density at radius 3 is 2.52 bits per heavy atom. The second-order valence-electron chi connectivity index (χ2n) is 5.25. The van der Waals surface area contributed by atoms with Gasteiger partial charge < -0.3 is 10.4 Å². The molecule has 0 bridgehead atoms. The molecule has 2 rings (SSSR count). The zero-order valence-electron chi connectivity index (χ0n) is 12.5. The zero-order chi connectivity index (χ0) is 15.2. The normalized spacial score (nSPS) is 10.4. The molecule has 2 aromatic rings. The first kappa shape index (κ1) is 15.1. The summed E-state index contributed by atoms with van der Waals surface area (Å²) in [5, 5.41) is 12.3. The largest absolute Gasteiger partial charge is 0.508 e. The van der Waals surface area contributed by atoms with Crippen LogP contribution >= 0.6 is 0 Å². The highest BCUT2D eigenvalue weighted by molar-refractivity contribution is 6.04. The third kappa shape index (κ3) is 4.09. The number of hydrogen-bond donors (Lipinski definition) is 2. The maximum absolute atomic E-state index is 12.2. The van der Waals surface area contributed by atoms with E-state index in [4.69, 9.17) is 0 Å². The van der Waals surface area contributed by atoms with E-state index >= 15 is 0 Å². The van der Waals surface area contributed by atoms with Crippen molar-refractivity contribution in [1.82, 2.24) is 0 Å². The molecule has 0 aliphatic rings. The van der Waals surface area contributed by atoms with E-state index in [9.17, 15) is 9.90 Å². The lowest BCUT2D eigenvalue weighted by atomic mass is 10.1. The third-order valence-electron chi connectivity index (χ3n) is 3.50. The number of aromatic hydroxyl groups is 1. The number of carbonyl (C=O) groups is 1. The highest BCUT2D eigenvalue weighted by Crippen LogP contribution is 2.21. The standard InChI is InChI=1S/C18H21NO2/c1-3-4-5-14-7-9-15(10-8-14)18(21)19-17-12-16(20)11-6-13(17)2/h6-12,20H,3-5H2,1-2H3,(H,19,21). The molecule has 0 aliphatic carbocycles. The molecule has 0 aliphatic heterocycles. The van der Waals surface area contributed by atoms with Crippen molar-refractivity contribution in [3.05, 3.63) is 59.2 Å². The van der Waals surface area contributed by atoms with E-state index in [-0.39, 0.29) is 11.7 Å². The second kappa shape index (κ2) is 6.93. The number of nitrogens with one attached hydrogen (secondary N) is 1. The number of aryl methyl sites for hydroxylation is 2. The zero-order valence-corrected chi connectivity index (χ0v) is 12.5. The summed E-state index contributed by atoms with van der Waals surface area (Å²) in [6.07, 6.45) is 3.37. The van der Waals surface area contributed by atoms with Crippen LogP contribution in [0.5, 0.6) is 5.75 Å². The molecule has 0 fully saturated rings. The van der Waals surface area contributed by atoms with Gasteiger partial charge in [-0.2, -0.15) is 0 Å². The van der Waals surface area contributed by atoms with Gasteiger partial charge in [0.15, 0.2) is 0 Å². The number of phenols is 1. The lowest BCUT2D eigenvalue weighted by Crippen LogP contribution is -2.12. The van der Waals surface area contributed by atoms with Crippen LogP contribution in [-0.2, 0) is 6.42 Å². The number of rotatable bonds is 5. The summed E-state index contributed by atoms with van der Waals surface area (Å²) < 4.78 is 0. The molecule has 0 radical (unpaired) electrons. The first-order valence-electron chi connectivity index (χ1n) is 7.30. The molecule has 0 saturated heterocycles. The van der Waals surface area contributed by atoms with Crippen LogP contribution in [0, 0.1) is 6.92 Å². The summed E-state index contributed by atoms with van der Waals surface area (Å²) in [5.41, 5.74) is 3.43. The molecule has 0 saturated carbocycles. The SMILES string of the molecule is CCCCc1ccc(C(=O)Nc2cc(O)ccc2C)cc1. The van der Waals surface area contributed by atoms with Crippen molar-refractivity contribution in [2.75, 3.05) is 5.32 Å². The van der Waals surface area contributed by atoms with Crippen molar-refractivity contribution in [2.24, 2.45) is 0 Å². The molecule has 2 N–H and O–H groups in total. The molecule has 1 amide bonds. The van der Waals surface area contributed by atoms with E-state index in [0.717, 1.165) is 18.4 Å². The molecule has 110 valence electrons. The Morgan fingerprint density at radius 1 is 1.14 bits per heavy atom. The maximum atomic E-state index is 12.2. The molecular weight excluding hydrogens is 262 g/mol. The number of phenolic OH excluding ortho intramolecular Hbond substituents is 1. The van der Waals surface area contributed by atoms with Gasteiger partial charge in [0, 0.05) is 17.3 Å². The van der Waals surface area contributed by atoms with Crippen molar-refractivity contribution >= 4 is 11.6 Å². The first-order chi connectivity index (χ1) is 10.1. The lowest BCUT2D eigenvalue weighted by Gasteiger charge is -2.09. The Balaban J connectivity index is 2.07. The Kier molecular flexibility index (Phi) is 4.99. The number of hydrogen-bond acceptors (Lipinski definition) is 2. The molecule has 2 aromatic carbocycles. The van der Waals surface area contributed by atoms with Gasteiger partial charge in [-0.1, -0.05) is 31.5 Å². The van der Waals surface area contributed by atoms with Gasteiger partial charge in [-0.15, -0.1) is 0 Å². The smallest absolute Gasteiger partial charge is 0.255 e. The number of benzene rings is 2. The second-order valence-corrected chi connectivity index (χ2v) is 5.25. The summed E-state index contributed by atoms with van der Waals surface area (Å²) in [7, 11) is 0. The molecule has 3 heteroatoms. The van der Waals surface area contributed by atoms with Gasteiger partial charge in [0.1, 0.15) is 5.75 Å². The van der Waals surface area contributed by atoms with E-state index in [1.165, 1.54) is 12.0 Å². The predicted molar refractivity (Wildman–Crippen MR) is 85.9 cm³/mol. The summed E-state index contributed by atoms with van der Waals surface area (Å²) in [6, 6.07) is 12.6. The van der Waals surface area contributed by atoms with Gasteiger partial charge >= 0.3 is 0 Å². The Bertz CT molecular complexity index is 618. The molecule has 0 heterocycles. The van der Waals surface area contributed by atoms with Crippen LogP contribution in [0.2, 0.25) is 0 Å².